The van der Waals surface area contributed by atoms with Gasteiger partial charge in [0.05, 0.1) is 6.20 Å². The topological polar surface area (TPSA) is 75.6 Å². The monoisotopic (exact) mass is 418 g/mol. The second-order valence-electron chi connectivity index (χ2n) is 7.57. The van der Waals surface area contributed by atoms with Gasteiger partial charge in [0, 0.05) is 29.9 Å². The Morgan fingerprint density at radius 3 is 2.74 bits per heavy atom. The molecule has 1 fully saturated rings. The van der Waals surface area contributed by atoms with Gasteiger partial charge in [0.25, 0.3) is 0 Å². The molecule has 156 valence electrons. The van der Waals surface area contributed by atoms with Gasteiger partial charge in [0.15, 0.2) is 5.82 Å². The zero-order chi connectivity index (χ0) is 21.2. The average molecular weight is 418 g/mol. The molecule has 5 rings (SSSR count). The molecule has 31 heavy (non-hydrogen) atoms. The van der Waals surface area contributed by atoms with Crippen molar-refractivity contribution in [2.75, 3.05) is 18.4 Å². The van der Waals surface area contributed by atoms with E-state index in [9.17, 15) is 8.78 Å². The Hall–Kier alpha value is -3.52. The Labute approximate surface area is 177 Å². The molecule has 8 heteroatoms. The molecule has 1 aromatic carbocycles. The lowest BCUT2D eigenvalue weighted by Gasteiger charge is -2.22. The maximum absolute atomic E-state index is 14.5. The minimum Gasteiger partial charge on any atom is -0.316 e. The maximum Gasteiger partial charge on any atom is 0.229 e. The van der Waals surface area contributed by atoms with Gasteiger partial charge in [-0.15, -0.1) is 0 Å². The van der Waals surface area contributed by atoms with Gasteiger partial charge in [0.1, 0.15) is 22.8 Å². The van der Waals surface area contributed by atoms with Crippen LogP contribution in [0.1, 0.15) is 24.3 Å². The molecule has 0 saturated carbocycles. The van der Waals surface area contributed by atoms with Gasteiger partial charge in [-0.05, 0) is 55.1 Å². The Balaban J connectivity index is 1.41. The van der Waals surface area contributed by atoms with Crippen LogP contribution in [0.3, 0.4) is 0 Å². The minimum absolute atomic E-state index is 0.00653. The Kier molecular flexibility index (Phi) is 5.21. The number of pyridine rings is 2. The highest BCUT2D eigenvalue weighted by atomic mass is 19.1. The molecule has 0 radical (unpaired) electrons. The molecule has 0 aliphatic carbocycles. The van der Waals surface area contributed by atoms with Gasteiger partial charge in [-0.2, -0.15) is 0 Å². The fourth-order valence-corrected chi connectivity index (χ4v) is 3.89. The van der Waals surface area contributed by atoms with E-state index in [1.807, 2.05) is 18.3 Å². The molecular formula is C23H20F2N6. The molecule has 6 nitrogen and oxygen atoms in total. The summed E-state index contributed by atoms with van der Waals surface area (Å²) in [7, 11) is 0. The summed E-state index contributed by atoms with van der Waals surface area (Å²) < 4.78 is 28.9. The number of benzene rings is 1. The summed E-state index contributed by atoms with van der Waals surface area (Å²) in [5.41, 5.74) is 1.73. The third-order valence-electron chi connectivity index (χ3n) is 5.47. The van der Waals surface area contributed by atoms with E-state index in [2.05, 4.69) is 30.6 Å². The second-order valence-corrected chi connectivity index (χ2v) is 7.57. The van der Waals surface area contributed by atoms with E-state index >= 15 is 0 Å². The van der Waals surface area contributed by atoms with Gasteiger partial charge in [-0.1, -0.05) is 12.1 Å². The Morgan fingerprint density at radius 2 is 1.94 bits per heavy atom. The number of nitrogens with one attached hydrogen (secondary N) is 2. The van der Waals surface area contributed by atoms with E-state index in [1.54, 1.807) is 18.2 Å². The fraction of sp³-hybridized carbons (Fsp3) is 0.217. The molecule has 3 aromatic heterocycles. The number of nitrogens with zero attached hydrogens (tertiary/aromatic N) is 4. The van der Waals surface area contributed by atoms with Crippen LogP contribution in [0.2, 0.25) is 0 Å². The largest absolute Gasteiger partial charge is 0.316 e. The van der Waals surface area contributed by atoms with Crippen molar-refractivity contribution >= 4 is 22.7 Å². The number of hydrogen-bond donors (Lipinski definition) is 2. The average Bonchev–Trinajstić information content (AvgIpc) is 2.81. The molecule has 1 aliphatic heterocycles. The van der Waals surface area contributed by atoms with Gasteiger partial charge in [-0.3, -0.25) is 4.98 Å². The predicted octanol–water partition coefficient (Wildman–Crippen LogP) is 4.58. The second kappa shape index (κ2) is 8.31. The smallest absolute Gasteiger partial charge is 0.229 e. The molecule has 0 bridgehead atoms. The highest BCUT2D eigenvalue weighted by Gasteiger charge is 2.16. The van der Waals surface area contributed by atoms with Crippen LogP contribution in [0.15, 0.2) is 55.0 Å². The van der Waals surface area contributed by atoms with Crippen LogP contribution in [0.4, 0.5) is 20.5 Å². The van der Waals surface area contributed by atoms with E-state index in [0.29, 0.717) is 22.7 Å². The number of aromatic nitrogens is 4. The van der Waals surface area contributed by atoms with E-state index < -0.39 is 11.6 Å². The lowest BCUT2D eigenvalue weighted by atomic mass is 9.93. The summed E-state index contributed by atoms with van der Waals surface area (Å²) in [5, 5.41) is 6.97. The number of halogens is 2. The lowest BCUT2D eigenvalue weighted by Crippen LogP contribution is -2.28. The van der Waals surface area contributed by atoms with Crippen molar-refractivity contribution in [3.63, 3.8) is 0 Å². The summed E-state index contributed by atoms with van der Waals surface area (Å²) in [5.74, 6) is 0.0271. The van der Waals surface area contributed by atoms with Gasteiger partial charge >= 0.3 is 0 Å². The Bertz CT molecular complexity index is 1220. The van der Waals surface area contributed by atoms with Crippen molar-refractivity contribution in [1.82, 2.24) is 25.3 Å². The van der Waals surface area contributed by atoms with E-state index in [4.69, 9.17) is 0 Å². The van der Waals surface area contributed by atoms with E-state index in [-0.39, 0.29) is 17.2 Å². The van der Waals surface area contributed by atoms with Crippen LogP contribution in [0, 0.1) is 11.6 Å². The first kappa shape index (κ1) is 19.4. The minimum atomic E-state index is -0.638. The molecule has 4 aromatic rings. The van der Waals surface area contributed by atoms with Crippen molar-refractivity contribution in [2.24, 2.45) is 0 Å². The van der Waals surface area contributed by atoms with Crippen LogP contribution in [0.25, 0.3) is 22.2 Å². The van der Waals surface area contributed by atoms with Gasteiger partial charge in [-0.25, -0.2) is 23.7 Å². The van der Waals surface area contributed by atoms with E-state index in [0.717, 1.165) is 32.1 Å². The van der Waals surface area contributed by atoms with Crippen molar-refractivity contribution in [3.8, 4) is 11.3 Å². The number of piperidine rings is 1. The van der Waals surface area contributed by atoms with Crippen molar-refractivity contribution < 1.29 is 8.78 Å². The molecule has 0 amide bonds. The zero-order valence-corrected chi connectivity index (χ0v) is 16.6. The summed E-state index contributed by atoms with van der Waals surface area (Å²) in [6.45, 7) is 2.02. The first-order valence-electron chi connectivity index (χ1n) is 10.2. The molecule has 1 unspecified atom stereocenters. The summed E-state index contributed by atoms with van der Waals surface area (Å²) in [6.07, 6.45) is 6.72. The number of anilines is 2. The van der Waals surface area contributed by atoms with Crippen LogP contribution < -0.4 is 10.6 Å². The number of hydrogen-bond acceptors (Lipinski definition) is 6. The van der Waals surface area contributed by atoms with Gasteiger partial charge in [0.2, 0.25) is 5.95 Å². The molecule has 1 atom stereocenters. The van der Waals surface area contributed by atoms with Crippen molar-refractivity contribution in [2.45, 2.75) is 18.8 Å². The third kappa shape index (κ3) is 4.06. The predicted molar refractivity (Wildman–Crippen MR) is 115 cm³/mol. The fourth-order valence-electron chi connectivity index (χ4n) is 3.89. The Morgan fingerprint density at radius 1 is 1.00 bits per heavy atom. The van der Waals surface area contributed by atoms with Crippen molar-refractivity contribution in [3.05, 3.63) is 72.2 Å². The van der Waals surface area contributed by atoms with Crippen molar-refractivity contribution in [1.29, 1.82) is 0 Å². The molecule has 2 N–H and O–H groups in total. The lowest BCUT2D eigenvalue weighted by molar-refractivity contribution is 0.461. The maximum atomic E-state index is 14.5. The first-order chi connectivity index (χ1) is 15.2. The highest BCUT2D eigenvalue weighted by molar-refractivity contribution is 5.84. The summed E-state index contributed by atoms with van der Waals surface area (Å²) >= 11 is 0. The molecule has 0 spiro atoms. The molecule has 1 aliphatic rings. The SMILES string of the molecule is Fc1cnc(Nc2ccc(C3CCCNC3)cn2)nc1-c1cc(F)c2ncccc2c1. The number of fused-ring (bicyclic) bond motifs is 1. The van der Waals surface area contributed by atoms with Crippen LogP contribution in [-0.4, -0.2) is 33.0 Å². The van der Waals surface area contributed by atoms with Crippen LogP contribution in [0.5, 0.6) is 0 Å². The van der Waals surface area contributed by atoms with Crippen LogP contribution >= 0.6 is 0 Å². The normalized spacial score (nSPS) is 16.4. The van der Waals surface area contributed by atoms with Crippen LogP contribution in [-0.2, 0) is 0 Å². The third-order valence-corrected chi connectivity index (χ3v) is 5.47. The first-order valence-corrected chi connectivity index (χ1v) is 10.2. The summed E-state index contributed by atoms with van der Waals surface area (Å²) in [6, 6.07) is 10.2. The van der Waals surface area contributed by atoms with Gasteiger partial charge < -0.3 is 10.6 Å². The molecular weight excluding hydrogens is 398 g/mol. The standard InChI is InChI=1S/C23H20F2N6/c24-18-10-17(9-14-3-2-8-27-21(14)18)22-19(25)13-29-23(31-22)30-20-6-5-16(12-28-20)15-4-1-7-26-11-15/h2-3,5-6,8-10,12-13,15,26H,1,4,7,11H2,(H,28,29,30,31). The molecule has 1 saturated heterocycles. The highest BCUT2D eigenvalue weighted by Crippen LogP contribution is 2.28. The quantitative estimate of drug-likeness (QED) is 0.506. The number of rotatable bonds is 4. The summed E-state index contributed by atoms with van der Waals surface area (Å²) in [4.78, 5) is 16.7. The molecule has 4 heterocycles. The zero-order valence-electron chi connectivity index (χ0n) is 16.6. The van der Waals surface area contributed by atoms with E-state index in [1.165, 1.54) is 17.8 Å².